The Balaban J connectivity index is 1.80. The summed E-state index contributed by atoms with van der Waals surface area (Å²) in [5.41, 5.74) is 4.50. The SMILES string of the molecule is Cc1ccc(CN(Cc2cc3cc(C)c(C)cc3[nH]c2=O)S(=O)(=O)c2ccccc2F)cc1. The summed E-state index contributed by atoms with van der Waals surface area (Å²) in [5, 5.41) is 0.811. The van der Waals surface area contributed by atoms with Gasteiger partial charge >= 0.3 is 0 Å². The van der Waals surface area contributed by atoms with Crippen molar-refractivity contribution in [1.29, 1.82) is 0 Å². The maximum atomic E-state index is 14.5. The zero-order valence-corrected chi connectivity index (χ0v) is 19.5. The average molecular weight is 465 g/mol. The van der Waals surface area contributed by atoms with Gasteiger partial charge < -0.3 is 4.98 Å². The highest BCUT2D eigenvalue weighted by Gasteiger charge is 2.28. The van der Waals surface area contributed by atoms with Crippen LogP contribution in [0.25, 0.3) is 10.9 Å². The van der Waals surface area contributed by atoms with Crippen LogP contribution in [-0.4, -0.2) is 17.7 Å². The minimum atomic E-state index is -4.22. The number of aryl methyl sites for hydroxylation is 3. The highest BCUT2D eigenvalue weighted by Crippen LogP contribution is 2.24. The quantitative estimate of drug-likeness (QED) is 0.437. The number of aromatic amines is 1. The van der Waals surface area contributed by atoms with Crippen molar-refractivity contribution < 1.29 is 12.8 Å². The first kappa shape index (κ1) is 22.9. The first-order chi connectivity index (χ1) is 15.6. The number of benzene rings is 3. The van der Waals surface area contributed by atoms with Crippen molar-refractivity contribution in [3.05, 3.63) is 111 Å². The van der Waals surface area contributed by atoms with E-state index >= 15 is 0 Å². The molecule has 1 N–H and O–H groups in total. The molecular weight excluding hydrogens is 439 g/mol. The van der Waals surface area contributed by atoms with Crippen LogP contribution < -0.4 is 5.56 Å². The van der Waals surface area contributed by atoms with Gasteiger partial charge in [-0.1, -0.05) is 42.0 Å². The number of pyridine rings is 1. The average Bonchev–Trinajstić information content (AvgIpc) is 2.77. The Morgan fingerprint density at radius 1 is 0.879 bits per heavy atom. The van der Waals surface area contributed by atoms with Crippen LogP contribution >= 0.6 is 0 Å². The minimum Gasteiger partial charge on any atom is -0.322 e. The zero-order valence-electron chi connectivity index (χ0n) is 18.7. The molecule has 1 aromatic heterocycles. The van der Waals surface area contributed by atoms with Gasteiger partial charge in [-0.15, -0.1) is 0 Å². The van der Waals surface area contributed by atoms with Crippen molar-refractivity contribution in [2.45, 2.75) is 38.8 Å². The molecule has 0 radical (unpaired) electrons. The van der Waals surface area contributed by atoms with Crippen molar-refractivity contribution in [3.8, 4) is 0 Å². The number of rotatable bonds is 6. The normalized spacial score (nSPS) is 11.9. The van der Waals surface area contributed by atoms with E-state index in [4.69, 9.17) is 0 Å². The predicted octanol–water partition coefficient (Wildman–Crippen LogP) is 4.98. The van der Waals surface area contributed by atoms with E-state index in [1.807, 2.05) is 57.2 Å². The largest absolute Gasteiger partial charge is 0.322 e. The van der Waals surface area contributed by atoms with E-state index in [9.17, 15) is 17.6 Å². The molecule has 0 atom stereocenters. The van der Waals surface area contributed by atoms with E-state index in [0.29, 0.717) is 5.52 Å². The van der Waals surface area contributed by atoms with Gasteiger partial charge in [0.1, 0.15) is 10.7 Å². The molecule has 0 amide bonds. The number of hydrogen-bond donors (Lipinski definition) is 1. The summed E-state index contributed by atoms with van der Waals surface area (Å²) in [6.45, 7) is 5.69. The Morgan fingerprint density at radius 3 is 2.24 bits per heavy atom. The lowest BCUT2D eigenvalue weighted by Gasteiger charge is -2.23. The van der Waals surface area contributed by atoms with E-state index in [0.717, 1.165) is 38.0 Å². The van der Waals surface area contributed by atoms with Crippen molar-refractivity contribution in [2.75, 3.05) is 0 Å². The number of nitrogens with one attached hydrogen (secondary N) is 1. The topological polar surface area (TPSA) is 70.2 Å². The zero-order chi connectivity index (χ0) is 23.8. The van der Waals surface area contributed by atoms with Crippen LogP contribution in [0.1, 0.15) is 27.8 Å². The third-order valence-corrected chi connectivity index (χ3v) is 7.64. The molecule has 3 aromatic carbocycles. The summed E-state index contributed by atoms with van der Waals surface area (Å²) in [4.78, 5) is 15.3. The van der Waals surface area contributed by atoms with Gasteiger partial charge in [-0.3, -0.25) is 4.79 Å². The monoisotopic (exact) mass is 464 g/mol. The molecule has 0 fully saturated rings. The molecule has 7 heteroatoms. The van der Waals surface area contributed by atoms with E-state index in [1.165, 1.54) is 18.2 Å². The lowest BCUT2D eigenvalue weighted by molar-refractivity contribution is 0.396. The molecule has 1 heterocycles. The Bertz CT molecular complexity index is 1490. The molecular formula is C26H25FN2O3S. The first-order valence-electron chi connectivity index (χ1n) is 10.6. The second kappa shape index (κ2) is 8.92. The summed E-state index contributed by atoms with van der Waals surface area (Å²) in [7, 11) is -4.22. The Labute approximate surface area is 192 Å². The minimum absolute atomic E-state index is 0.00134. The Kier molecular flexibility index (Phi) is 6.19. The summed E-state index contributed by atoms with van der Waals surface area (Å²) in [6, 6.07) is 18.3. The van der Waals surface area contributed by atoms with Gasteiger partial charge in [0.25, 0.3) is 5.56 Å². The molecule has 0 bridgehead atoms. The molecule has 5 nitrogen and oxygen atoms in total. The van der Waals surface area contributed by atoms with Gasteiger partial charge in [-0.25, -0.2) is 12.8 Å². The second-order valence-electron chi connectivity index (χ2n) is 8.34. The number of halogens is 1. The van der Waals surface area contributed by atoms with E-state index < -0.39 is 20.7 Å². The third-order valence-electron chi connectivity index (χ3n) is 5.82. The summed E-state index contributed by atoms with van der Waals surface area (Å²) >= 11 is 0. The molecule has 0 aliphatic rings. The maximum Gasteiger partial charge on any atom is 0.252 e. The fourth-order valence-electron chi connectivity index (χ4n) is 3.75. The number of aromatic nitrogens is 1. The molecule has 170 valence electrons. The third kappa shape index (κ3) is 4.74. The number of nitrogens with zero attached hydrogens (tertiary/aromatic N) is 1. The maximum absolute atomic E-state index is 14.5. The van der Waals surface area contributed by atoms with Crippen LogP contribution in [-0.2, 0) is 23.1 Å². The number of hydrogen-bond acceptors (Lipinski definition) is 3. The van der Waals surface area contributed by atoms with Crippen molar-refractivity contribution >= 4 is 20.9 Å². The number of sulfonamides is 1. The van der Waals surface area contributed by atoms with Crippen LogP contribution in [0, 0.1) is 26.6 Å². The lowest BCUT2D eigenvalue weighted by atomic mass is 10.0. The van der Waals surface area contributed by atoms with Crippen molar-refractivity contribution in [1.82, 2.24) is 9.29 Å². The molecule has 33 heavy (non-hydrogen) atoms. The van der Waals surface area contributed by atoms with Crippen LogP contribution in [0.2, 0.25) is 0 Å². The van der Waals surface area contributed by atoms with Crippen LogP contribution in [0.3, 0.4) is 0 Å². The predicted molar refractivity (Wildman–Crippen MR) is 128 cm³/mol. The summed E-state index contributed by atoms with van der Waals surface area (Å²) in [6.07, 6.45) is 0. The summed E-state index contributed by atoms with van der Waals surface area (Å²) < 4.78 is 42.6. The molecule has 4 aromatic rings. The van der Waals surface area contributed by atoms with Crippen molar-refractivity contribution in [2.24, 2.45) is 0 Å². The molecule has 0 unspecified atom stereocenters. The van der Waals surface area contributed by atoms with Crippen molar-refractivity contribution in [3.63, 3.8) is 0 Å². The smallest absolute Gasteiger partial charge is 0.252 e. The van der Waals surface area contributed by atoms with E-state index in [2.05, 4.69) is 4.98 Å². The van der Waals surface area contributed by atoms with Gasteiger partial charge in [0.2, 0.25) is 10.0 Å². The molecule has 0 saturated carbocycles. The Morgan fingerprint density at radius 2 is 1.55 bits per heavy atom. The first-order valence-corrected chi connectivity index (χ1v) is 12.0. The standard InChI is InChI=1S/C26H25FN2O3S/c1-17-8-10-20(11-9-17)15-29(33(31,32)25-7-5-4-6-23(25)27)16-22-14-21-12-18(2)19(3)13-24(21)28-26(22)30/h4-14H,15-16H2,1-3H3,(H,28,30). The Hall–Kier alpha value is -3.29. The number of fused-ring (bicyclic) bond motifs is 1. The highest BCUT2D eigenvalue weighted by molar-refractivity contribution is 7.89. The van der Waals surface area contributed by atoms with Crippen LogP contribution in [0.15, 0.2) is 76.4 Å². The fourth-order valence-corrected chi connectivity index (χ4v) is 5.22. The number of H-pyrrole nitrogens is 1. The van der Waals surface area contributed by atoms with E-state index in [-0.39, 0.29) is 24.2 Å². The molecule has 0 aliphatic carbocycles. The van der Waals surface area contributed by atoms with Crippen LogP contribution in [0.5, 0.6) is 0 Å². The molecule has 0 saturated heterocycles. The lowest BCUT2D eigenvalue weighted by Crippen LogP contribution is -2.33. The second-order valence-corrected chi connectivity index (χ2v) is 10.2. The van der Waals surface area contributed by atoms with Gasteiger partial charge in [-0.05, 0) is 73.2 Å². The fraction of sp³-hybridized carbons (Fsp3) is 0.192. The summed E-state index contributed by atoms with van der Waals surface area (Å²) in [5.74, 6) is -0.829. The van der Waals surface area contributed by atoms with Crippen LogP contribution in [0.4, 0.5) is 4.39 Å². The highest BCUT2D eigenvalue weighted by atomic mass is 32.2. The molecule has 4 rings (SSSR count). The van der Waals surface area contributed by atoms with Gasteiger partial charge in [0.15, 0.2) is 0 Å². The van der Waals surface area contributed by atoms with Gasteiger partial charge in [0.05, 0.1) is 0 Å². The van der Waals surface area contributed by atoms with Gasteiger partial charge in [0, 0.05) is 24.2 Å². The molecule has 0 spiro atoms. The van der Waals surface area contributed by atoms with E-state index in [1.54, 1.807) is 6.07 Å². The molecule has 0 aliphatic heterocycles. The van der Waals surface area contributed by atoms with Gasteiger partial charge in [-0.2, -0.15) is 4.31 Å².